The third-order valence-corrected chi connectivity index (χ3v) is 3.23. The summed E-state index contributed by atoms with van der Waals surface area (Å²) in [7, 11) is 1.71. The quantitative estimate of drug-likeness (QED) is 0.546. The normalized spacial score (nSPS) is 10.1. The van der Waals surface area contributed by atoms with Gasteiger partial charge >= 0.3 is 0 Å². The SMILES string of the molecule is COc1ccccc1CSCCCCl. The van der Waals surface area contributed by atoms with Gasteiger partial charge in [-0.15, -0.1) is 11.6 Å². The fraction of sp³-hybridized carbons (Fsp3) is 0.455. The van der Waals surface area contributed by atoms with Crippen LogP contribution in [0.2, 0.25) is 0 Å². The van der Waals surface area contributed by atoms with Crippen LogP contribution in [0.1, 0.15) is 12.0 Å². The van der Waals surface area contributed by atoms with E-state index in [1.807, 2.05) is 30.0 Å². The van der Waals surface area contributed by atoms with Crippen molar-refractivity contribution in [3.05, 3.63) is 29.8 Å². The largest absolute Gasteiger partial charge is 0.496 e. The zero-order valence-corrected chi connectivity index (χ0v) is 9.90. The van der Waals surface area contributed by atoms with Crippen LogP contribution < -0.4 is 4.74 Å². The Balaban J connectivity index is 2.41. The van der Waals surface area contributed by atoms with E-state index in [2.05, 4.69) is 6.07 Å². The number of hydrogen-bond donors (Lipinski definition) is 0. The Kier molecular flexibility index (Phi) is 5.88. The minimum Gasteiger partial charge on any atom is -0.496 e. The van der Waals surface area contributed by atoms with Crippen molar-refractivity contribution in [2.75, 3.05) is 18.7 Å². The molecule has 0 bridgehead atoms. The molecule has 0 aliphatic heterocycles. The highest BCUT2D eigenvalue weighted by Crippen LogP contribution is 2.22. The second-order valence-electron chi connectivity index (χ2n) is 2.91. The summed E-state index contributed by atoms with van der Waals surface area (Å²) in [5.74, 6) is 3.84. The number of ether oxygens (including phenoxy) is 1. The first-order chi connectivity index (χ1) is 6.88. The van der Waals surface area contributed by atoms with Crippen LogP contribution in [0.3, 0.4) is 0 Å². The third-order valence-electron chi connectivity index (χ3n) is 1.87. The predicted molar refractivity (Wildman–Crippen MR) is 64.5 cm³/mol. The lowest BCUT2D eigenvalue weighted by Crippen LogP contribution is -1.90. The van der Waals surface area contributed by atoms with Gasteiger partial charge in [0, 0.05) is 17.2 Å². The fourth-order valence-electron chi connectivity index (χ4n) is 1.16. The van der Waals surface area contributed by atoms with E-state index in [0.29, 0.717) is 0 Å². The lowest BCUT2D eigenvalue weighted by atomic mass is 10.2. The number of alkyl halides is 1. The van der Waals surface area contributed by atoms with Gasteiger partial charge in [0.1, 0.15) is 5.75 Å². The van der Waals surface area contributed by atoms with Gasteiger partial charge in [0.2, 0.25) is 0 Å². The van der Waals surface area contributed by atoms with Gasteiger partial charge in [-0.25, -0.2) is 0 Å². The number of rotatable bonds is 6. The van der Waals surface area contributed by atoms with E-state index in [9.17, 15) is 0 Å². The Morgan fingerprint density at radius 2 is 2.14 bits per heavy atom. The second kappa shape index (κ2) is 7.02. The van der Waals surface area contributed by atoms with Crippen LogP contribution in [0.15, 0.2) is 24.3 Å². The molecular weight excluding hydrogens is 216 g/mol. The van der Waals surface area contributed by atoms with Crippen molar-refractivity contribution >= 4 is 23.4 Å². The molecule has 1 rings (SSSR count). The molecule has 0 amide bonds. The third kappa shape index (κ3) is 3.81. The minimum absolute atomic E-state index is 0.749. The molecule has 0 radical (unpaired) electrons. The molecule has 1 aromatic carbocycles. The first-order valence-electron chi connectivity index (χ1n) is 4.64. The van der Waals surface area contributed by atoms with Gasteiger partial charge in [0.15, 0.2) is 0 Å². The van der Waals surface area contributed by atoms with Crippen molar-refractivity contribution in [3.63, 3.8) is 0 Å². The van der Waals surface area contributed by atoms with E-state index in [1.165, 1.54) is 5.56 Å². The fourth-order valence-corrected chi connectivity index (χ4v) is 2.40. The number of thioether (sulfide) groups is 1. The summed E-state index contributed by atoms with van der Waals surface area (Å²) >= 11 is 7.50. The van der Waals surface area contributed by atoms with Crippen LogP contribution in [-0.2, 0) is 5.75 Å². The zero-order valence-electron chi connectivity index (χ0n) is 8.33. The van der Waals surface area contributed by atoms with Crippen molar-refractivity contribution in [1.29, 1.82) is 0 Å². The molecule has 0 saturated heterocycles. The predicted octanol–water partition coefficient (Wildman–Crippen LogP) is 3.56. The average Bonchev–Trinajstić information content (AvgIpc) is 2.25. The molecule has 1 aromatic rings. The van der Waals surface area contributed by atoms with E-state index in [0.717, 1.165) is 29.6 Å². The molecule has 0 aromatic heterocycles. The van der Waals surface area contributed by atoms with E-state index in [1.54, 1.807) is 7.11 Å². The Morgan fingerprint density at radius 1 is 1.36 bits per heavy atom. The summed E-state index contributed by atoms with van der Waals surface area (Å²) in [6.45, 7) is 0. The molecule has 0 saturated carbocycles. The summed E-state index contributed by atoms with van der Waals surface area (Å²) in [6, 6.07) is 8.13. The molecule has 0 unspecified atom stereocenters. The maximum atomic E-state index is 5.60. The number of benzene rings is 1. The molecule has 0 heterocycles. The van der Waals surface area contributed by atoms with Gasteiger partial charge in [0.25, 0.3) is 0 Å². The molecule has 78 valence electrons. The van der Waals surface area contributed by atoms with Crippen molar-refractivity contribution in [2.24, 2.45) is 0 Å². The molecule has 0 fully saturated rings. The summed E-state index contributed by atoms with van der Waals surface area (Å²) in [5, 5.41) is 0. The van der Waals surface area contributed by atoms with Crippen LogP contribution in [0.4, 0.5) is 0 Å². The summed E-state index contributed by atoms with van der Waals surface area (Å²) in [6.07, 6.45) is 1.07. The molecule has 14 heavy (non-hydrogen) atoms. The van der Waals surface area contributed by atoms with Crippen LogP contribution in [-0.4, -0.2) is 18.7 Å². The Hall–Kier alpha value is -0.340. The molecule has 0 aliphatic carbocycles. The van der Waals surface area contributed by atoms with E-state index in [4.69, 9.17) is 16.3 Å². The Bertz CT molecular complexity index is 265. The molecular formula is C11H15ClOS. The van der Waals surface area contributed by atoms with Gasteiger partial charge in [-0.05, 0) is 18.2 Å². The molecule has 0 N–H and O–H groups in total. The smallest absolute Gasteiger partial charge is 0.122 e. The topological polar surface area (TPSA) is 9.23 Å². The van der Waals surface area contributed by atoms with Crippen molar-refractivity contribution < 1.29 is 4.74 Å². The maximum absolute atomic E-state index is 5.60. The summed E-state index contributed by atoms with van der Waals surface area (Å²) in [4.78, 5) is 0. The summed E-state index contributed by atoms with van der Waals surface area (Å²) in [5.41, 5.74) is 1.26. The highest BCUT2D eigenvalue weighted by molar-refractivity contribution is 7.98. The van der Waals surface area contributed by atoms with Gasteiger partial charge in [-0.2, -0.15) is 11.8 Å². The molecule has 0 atom stereocenters. The first-order valence-corrected chi connectivity index (χ1v) is 6.33. The highest BCUT2D eigenvalue weighted by atomic mass is 35.5. The van der Waals surface area contributed by atoms with E-state index < -0.39 is 0 Å². The van der Waals surface area contributed by atoms with Gasteiger partial charge in [-0.3, -0.25) is 0 Å². The van der Waals surface area contributed by atoms with Gasteiger partial charge in [0.05, 0.1) is 7.11 Å². The minimum atomic E-state index is 0.749. The molecule has 0 aliphatic rings. The number of para-hydroxylation sites is 1. The second-order valence-corrected chi connectivity index (χ2v) is 4.39. The average molecular weight is 231 g/mol. The van der Waals surface area contributed by atoms with Crippen LogP contribution in [0.5, 0.6) is 5.75 Å². The van der Waals surface area contributed by atoms with E-state index >= 15 is 0 Å². The number of halogens is 1. The first kappa shape index (κ1) is 11.7. The molecule has 0 spiro atoms. The number of hydrogen-bond acceptors (Lipinski definition) is 2. The number of methoxy groups -OCH3 is 1. The van der Waals surface area contributed by atoms with Crippen LogP contribution in [0, 0.1) is 0 Å². The van der Waals surface area contributed by atoms with Gasteiger partial charge < -0.3 is 4.74 Å². The van der Waals surface area contributed by atoms with Crippen molar-refractivity contribution in [1.82, 2.24) is 0 Å². The molecule has 1 nitrogen and oxygen atoms in total. The molecule has 3 heteroatoms. The van der Waals surface area contributed by atoms with Crippen LogP contribution in [0.25, 0.3) is 0 Å². The van der Waals surface area contributed by atoms with Crippen molar-refractivity contribution in [3.8, 4) is 5.75 Å². The standard InChI is InChI=1S/C11H15ClOS/c1-13-11-6-3-2-5-10(11)9-14-8-4-7-12/h2-3,5-6H,4,7-9H2,1H3. The highest BCUT2D eigenvalue weighted by Gasteiger charge is 2.00. The van der Waals surface area contributed by atoms with Crippen LogP contribution >= 0.6 is 23.4 Å². The summed E-state index contributed by atoms with van der Waals surface area (Å²) < 4.78 is 5.26. The lowest BCUT2D eigenvalue weighted by molar-refractivity contribution is 0.411. The zero-order chi connectivity index (χ0) is 10.2. The Labute approximate surface area is 94.8 Å². The van der Waals surface area contributed by atoms with E-state index in [-0.39, 0.29) is 0 Å². The monoisotopic (exact) mass is 230 g/mol. The van der Waals surface area contributed by atoms with Gasteiger partial charge in [-0.1, -0.05) is 18.2 Å². The van der Waals surface area contributed by atoms with Crippen molar-refractivity contribution in [2.45, 2.75) is 12.2 Å². The Morgan fingerprint density at radius 3 is 2.86 bits per heavy atom. The lowest BCUT2D eigenvalue weighted by Gasteiger charge is -2.07. The maximum Gasteiger partial charge on any atom is 0.122 e.